The van der Waals surface area contributed by atoms with Crippen LogP contribution in [0.25, 0.3) is 6.08 Å². The fourth-order valence-corrected chi connectivity index (χ4v) is 1.14. The second-order valence-electron chi connectivity index (χ2n) is 2.88. The Hall–Kier alpha value is -1.55. The van der Waals surface area contributed by atoms with Gasteiger partial charge in [0.2, 0.25) is 0 Å². The van der Waals surface area contributed by atoms with Gasteiger partial charge in [-0.1, -0.05) is 12.2 Å². The van der Waals surface area contributed by atoms with Crippen LogP contribution in [0.1, 0.15) is 22.3 Å². The van der Waals surface area contributed by atoms with E-state index in [0.717, 1.165) is 0 Å². The molecule has 0 fully saturated rings. The summed E-state index contributed by atoms with van der Waals surface area (Å²) in [5, 5.41) is 8.75. The number of hydrogen-bond donors (Lipinski definition) is 2. The maximum absolute atomic E-state index is 10.7. The molecular weight excluding hydrogens is 216 g/mol. The zero-order valence-electron chi connectivity index (χ0n) is 7.98. The molecule has 0 spiro atoms. The van der Waals surface area contributed by atoms with Gasteiger partial charge in [-0.3, -0.25) is 0 Å². The van der Waals surface area contributed by atoms with Crippen LogP contribution in [-0.4, -0.2) is 21.9 Å². The highest BCUT2D eigenvalue weighted by molar-refractivity contribution is 6.17. The minimum Gasteiger partial charge on any atom is -0.478 e. The van der Waals surface area contributed by atoms with Gasteiger partial charge in [0.15, 0.2) is 0 Å². The van der Waals surface area contributed by atoms with Crippen LogP contribution < -0.4 is 5.73 Å². The molecule has 0 aliphatic rings. The third kappa shape index (κ3) is 3.25. The number of halogens is 1. The van der Waals surface area contributed by atoms with Crippen molar-refractivity contribution in [3.63, 3.8) is 0 Å². The summed E-state index contributed by atoms with van der Waals surface area (Å²) < 4.78 is 0. The van der Waals surface area contributed by atoms with Crippen LogP contribution in [0.5, 0.6) is 0 Å². The molecule has 5 heteroatoms. The summed E-state index contributed by atoms with van der Waals surface area (Å²) in [5.41, 5.74) is 6.30. The van der Waals surface area contributed by atoms with Gasteiger partial charge in [-0.05, 0) is 12.5 Å². The fourth-order valence-electron chi connectivity index (χ4n) is 1.02. The molecule has 0 unspecified atom stereocenters. The molecule has 1 rings (SSSR count). The first-order chi connectivity index (χ1) is 7.15. The molecule has 1 heterocycles. The van der Waals surface area contributed by atoms with Crippen molar-refractivity contribution in [3.8, 4) is 0 Å². The number of carboxylic acids is 1. The Balaban J connectivity index is 2.95. The number of alkyl halides is 1. The Morgan fingerprint density at radius 1 is 1.67 bits per heavy atom. The van der Waals surface area contributed by atoms with Crippen molar-refractivity contribution in [2.45, 2.75) is 6.42 Å². The number of pyridine rings is 1. The lowest BCUT2D eigenvalue weighted by Gasteiger charge is -2.00. The van der Waals surface area contributed by atoms with Crippen molar-refractivity contribution < 1.29 is 9.90 Å². The van der Waals surface area contributed by atoms with Crippen LogP contribution >= 0.6 is 11.6 Å². The molecular formula is C10H11ClN2O2. The Bertz CT molecular complexity index is 391. The molecule has 0 aromatic carbocycles. The van der Waals surface area contributed by atoms with Crippen molar-refractivity contribution in [3.05, 3.63) is 29.5 Å². The molecule has 4 nitrogen and oxygen atoms in total. The van der Waals surface area contributed by atoms with E-state index in [1.54, 1.807) is 6.08 Å². The van der Waals surface area contributed by atoms with Gasteiger partial charge in [0.25, 0.3) is 0 Å². The zero-order valence-corrected chi connectivity index (χ0v) is 8.74. The van der Waals surface area contributed by atoms with E-state index in [-0.39, 0.29) is 5.56 Å². The fraction of sp³-hybridized carbons (Fsp3) is 0.200. The Morgan fingerprint density at radius 2 is 2.40 bits per heavy atom. The monoisotopic (exact) mass is 226 g/mol. The lowest BCUT2D eigenvalue weighted by atomic mass is 10.1. The van der Waals surface area contributed by atoms with Crippen molar-refractivity contribution >= 4 is 29.5 Å². The first-order valence-corrected chi connectivity index (χ1v) is 4.90. The maximum atomic E-state index is 10.7. The lowest BCUT2D eigenvalue weighted by Crippen LogP contribution is -2.01. The van der Waals surface area contributed by atoms with Crippen molar-refractivity contribution in [1.82, 2.24) is 4.98 Å². The average Bonchev–Trinajstić information content (AvgIpc) is 2.20. The zero-order chi connectivity index (χ0) is 11.3. The Morgan fingerprint density at radius 3 is 3.00 bits per heavy atom. The predicted molar refractivity (Wildman–Crippen MR) is 60.0 cm³/mol. The molecule has 0 saturated heterocycles. The summed E-state index contributed by atoms with van der Waals surface area (Å²) in [6.45, 7) is 0. The van der Waals surface area contributed by atoms with Crippen LogP contribution in [0.4, 0.5) is 5.82 Å². The predicted octanol–water partition coefficient (Wildman–Crippen LogP) is 2.00. The number of aromatic nitrogens is 1. The third-order valence-electron chi connectivity index (χ3n) is 1.77. The molecule has 0 radical (unpaired) electrons. The van der Waals surface area contributed by atoms with Gasteiger partial charge >= 0.3 is 5.97 Å². The summed E-state index contributed by atoms with van der Waals surface area (Å²) in [4.78, 5) is 14.5. The van der Waals surface area contributed by atoms with Gasteiger partial charge in [-0.2, -0.15) is 0 Å². The SMILES string of the molecule is Nc1ncc(C(=O)O)cc1C=CCCCl. The standard InChI is InChI=1S/C10H11ClN2O2/c11-4-2-1-3-7-5-8(10(14)15)6-13-9(7)12/h1,3,5-6H,2,4H2,(H2,12,13)(H,14,15). The topological polar surface area (TPSA) is 76.2 Å². The molecule has 0 bridgehead atoms. The largest absolute Gasteiger partial charge is 0.478 e. The first kappa shape index (κ1) is 11.5. The minimum atomic E-state index is -1.02. The highest BCUT2D eigenvalue weighted by Gasteiger charge is 2.05. The molecule has 1 aromatic heterocycles. The molecule has 3 N–H and O–H groups in total. The van der Waals surface area contributed by atoms with E-state index >= 15 is 0 Å². The molecule has 0 saturated carbocycles. The number of carbonyl (C=O) groups is 1. The number of anilines is 1. The summed E-state index contributed by atoms with van der Waals surface area (Å²) in [5.74, 6) is -0.192. The quantitative estimate of drug-likeness (QED) is 0.770. The first-order valence-electron chi connectivity index (χ1n) is 4.36. The van der Waals surface area contributed by atoms with Crippen LogP contribution in [0.2, 0.25) is 0 Å². The van der Waals surface area contributed by atoms with Crippen LogP contribution in [0.3, 0.4) is 0 Å². The van der Waals surface area contributed by atoms with Crippen LogP contribution in [0, 0.1) is 0 Å². The van der Waals surface area contributed by atoms with E-state index in [1.807, 2.05) is 6.08 Å². The Labute approximate surface area is 92.4 Å². The molecule has 15 heavy (non-hydrogen) atoms. The summed E-state index contributed by atoms with van der Waals surface area (Å²) in [7, 11) is 0. The normalized spacial score (nSPS) is 10.7. The second-order valence-corrected chi connectivity index (χ2v) is 3.26. The summed E-state index contributed by atoms with van der Waals surface area (Å²) >= 11 is 5.50. The molecule has 1 aromatic rings. The number of aromatic carboxylic acids is 1. The number of rotatable bonds is 4. The van der Waals surface area contributed by atoms with Gasteiger partial charge in [-0.15, -0.1) is 11.6 Å². The number of nitrogens with two attached hydrogens (primary N) is 1. The second kappa shape index (κ2) is 5.36. The van der Waals surface area contributed by atoms with Crippen LogP contribution in [0.15, 0.2) is 18.3 Å². The van der Waals surface area contributed by atoms with E-state index in [2.05, 4.69) is 4.98 Å². The highest BCUT2D eigenvalue weighted by Crippen LogP contribution is 2.13. The molecule has 0 aliphatic carbocycles. The van der Waals surface area contributed by atoms with Gasteiger partial charge in [0, 0.05) is 17.6 Å². The maximum Gasteiger partial charge on any atom is 0.337 e. The highest BCUT2D eigenvalue weighted by atomic mass is 35.5. The minimum absolute atomic E-state index is 0.120. The number of nitrogens with zero attached hydrogens (tertiary/aromatic N) is 1. The molecule has 0 atom stereocenters. The number of nitrogen functional groups attached to an aromatic ring is 1. The number of allylic oxidation sites excluding steroid dienone is 1. The average molecular weight is 227 g/mol. The van der Waals surface area contributed by atoms with Gasteiger partial charge in [0.05, 0.1) is 5.56 Å². The number of hydrogen-bond acceptors (Lipinski definition) is 3. The van der Waals surface area contributed by atoms with Gasteiger partial charge in [0.1, 0.15) is 5.82 Å². The van der Waals surface area contributed by atoms with E-state index in [4.69, 9.17) is 22.4 Å². The van der Waals surface area contributed by atoms with Crippen molar-refractivity contribution in [2.24, 2.45) is 0 Å². The molecule has 0 amide bonds. The number of carboxylic acid groups (broad SMARTS) is 1. The van der Waals surface area contributed by atoms with Gasteiger partial charge in [-0.25, -0.2) is 9.78 Å². The van der Waals surface area contributed by atoms with Crippen molar-refractivity contribution in [1.29, 1.82) is 0 Å². The molecule has 80 valence electrons. The Kier molecular flexibility index (Phi) is 4.12. The van der Waals surface area contributed by atoms with E-state index < -0.39 is 5.97 Å². The third-order valence-corrected chi connectivity index (χ3v) is 1.99. The van der Waals surface area contributed by atoms with E-state index in [0.29, 0.717) is 23.7 Å². The summed E-state index contributed by atoms with van der Waals surface area (Å²) in [6, 6.07) is 1.48. The smallest absolute Gasteiger partial charge is 0.337 e. The molecule has 0 aliphatic heterocycles. The van der Waals surface area contributed by atoms with Gasteiger partial charge < -0.3 is 10.8 Å². The van der Waals surface area contributed by atoms with E-state index in [1.165, 1.54) is 12.3 Å². The summed E-state index contributed by atoms with van der Waals surface area (Å²) in [6.07, 6.45) is 5.48. The lowest BCUT2D eigenvalue weighted by molar-refractivity contribution is 0.0696. The van der Waals surface area contributed by atoms with E-state index in [9.17, 15) is 4.79 Å². The van der Waals surface area contributed by atoms with Crippen LogP contribution in [-0.2, 0) is 0 Å². The van der Waals surface area contributed by atoms with Crippen molar-refractivity contribution in [2.75, 3.05) is 11.6 Å².